The van der Waals surface area contributed by atoms with E-state index in [-0.39, 0.29) is 11.6 Å². The number of nitro benzene ring substituents is 1. The van der Waals surface area contributed by atoms with E-state index >= 15 is 0 Å². The molecule has 0 bridgehead atoms. The summed E-state index contributed by atoms with van der Waals surface area (Å²) in [4.78, 5) is 27.3. The topological polar surface area (TPSA) is 85.2 Å². The average molecular weight is 371 g/mol. The number of rotatable bonds is 5. The first-order valence-corrected chi connectivity index (χ1v) is 8.54. The first kappa shape index (κ1) is 18.5. The maximum Gasteiger partial charge on any atom is 0.296 e. The smallest absolute Gasteiger partial charge is 0.296 e. The number of methoxy groups -OCH3 is 2. The molecule has 0 radical (unpaired) electrons. The Hall–Kier alpha value is -3.29. The zero-order valence-corrected chi connectivity index (χ0v) is 15.3. The Balaban J connectivity index is 1.70. The lowest BCUT2D eigenvalue weighted by molar-refractivity contribution is -0.384. The maximum atomic E-state index is 12.6. The number of nitrogens with zero attached hydrogens (tertiary/aromatic N) is 3. The largest absolute Gasteiger partial charge is 0.497 e. The minimum atomic E-state index is -0.410. The lowest BCUT2D eigenvalue weighted by Gasteiger charge is -2.35. The van der Waals surface area contributed by atoms with E-state index in [1.807, 2.05) is 4.90 Å². The number of ether oxygens (including phenoxy) is 2. The Morgan fingerprint density at radius 1 is 0.963 bits per heavy atom. The van der Waals surface area contributed by atoms with Crippen LogP contribution in [-0.4, -0.2) is 56.1 Å². The van der Waals surface area contributed by atoms with Gasteiger partial charge in [-0.1, -0.05) is 0 Å². The van der Waals surface area contributed by atoms with Crippen molar-refractivity contribution >= 4 is 17.3 Å². The van der Waals surface area contributed by atoms with E-state index in [1.165, 1.54) is 13.2 Å². The number of amides is 1. The maximum absolute atomic E-state index is 12.6. The van der Waals surface area contributed by atoms with Gasteiger partial charge in [0.1, 0.15) is 17.2 Å². The van der Waals surface area contributed by atoms with Crippen molar-refractivity contribution in [1.29, 1.82) is 0 Å². The Labute approximate surface area is 157 Å². The van der Waals surface area contributed by atoms with Crippen LogP contribution in [0.5, 0.6) is 11.5 Å². The molecule has 0 spiro atoms. The molecule has 0 unspecified atom stereocenters. The van der Waals surface area contributed by atoms with Gasteiger partial charge in [-0.05, 0) is 36.4 Å². The average Bonchev–Trinajstić information content (AvgIpc) is 2.73. The zero-order valence-electron chi connectivity index (χ0n) is 15.3. The van der Waals surface area contributed by atoms with Crippen LogP contribution >= 0.6 is 0 Å². The van der Waals surface area contributed by atoms with E-state index in [0.717, 1.165) is 0 Å². The highest BCUT2D eigenvalue weighted by Gasteiger charge is 2.26. The fourth-order valence-corrected chi connectivity index (χ4v) is 3.11. The van der Waals surface area contributed by atoms with Crippen LogP contribution in [0.2, 0.25) is 0 Å². The molecule has 2 aromatic carbocycles. The Kier molecular flexibility index (Phi) is 5.44. The van der Waals surface area contributed by atoms with E-state index in [9.17, 15) is 14.9 Å². The molecule has 1 aliphatic heterocycles. The van der Waals surface area contributed by atoms with Crippen LogP contribution in [0, 0.1) is 10.1 Å². The summed E-state index contributed by atoms with van der Waals surface area (Å²) in [5, 5.41) is 11.4. The first-order chi connectivity index (χ1) is 13.0. The van der Waals surface area contributed by atoms with Crippen molar-refractivity contribution in [2.75, 3.05) is 45.3 Å². The number of benzene rings is 2. The Bertz CT molecular complexity index is 830. The highest BCUT2D eigenvalue weighted by molar-refractivity contribution is 5.94. The molecule has 1 aliphatic rings. The molecule has 1 fully saturated rings. The van der Waals surface area contributed by atoms with Gasteiger partial charge in [-0.25, -0.2) is 0 Å². The van der Waals surface area contributed by atoms with E-state index in [1.54, 1.807) is 48.4 Å². The molecule has 8 heteroatoms. The summed E-state index contributed by atoms with van der Waals surface area (Å²) < 4.78 is 10.2. The predicted octanol–water partition coefficient (Wildman–Crippen LogP) is 2.57. The molecule has 8 nitrogen and oxygen atoms in total. The molecule has 0 aromatic heterocycles. The lowest BCUT2D eigenvalue weighted by Crippen LogP contribution is -2.48. The third kappa shape index (κ3) is 3.94. The molecule has 27 heavy (non-hydrogen) atoms. The highest BCUT2D eigenvalue weighted by Crippen LogP contribution is 2.32. The molecular weight excluding hydrogens is 350 g/mol. The molecule has 3 rings (SSSR count). The van der Waals surface area contributed by atoms with E-state index in [4.69, 9.17) is 9.47 Å². The van der Waals surface area contributed by atoms with Gasteiger partial charge in [0.25, 0.3) is 11.6 Å². The number of piperazine rings is 1. The van der Waals surface area contributed by atoms with Crippen LogP contribution in [-0.2, 0) is 0 Å². The highest BCUT2D eigenvalue weighted by atomic mass is 16.6. The van der Waals surface area contributed by atoms with Crippen molar-refractivity contribution in [2.24, 2.45) is 0 Å². The summed E-state index contributed by atoms with van der Waals surface area (Å²) in [5.41, 5.74) is 1.14. The van der Waals surface area contributed by atoms with Crippen molar-refractivity contribution in [3.8, 4) is 11.5 Å². The van der Waals surface area contributed by atoms with Crippen LogP contribution in [0.25, 0.3) is 0 Å². The number of hydrogen-bond donors (Lipinski definition) is 0. The Morgan fingerprint density at radius 2 is 1.56 bits per heavy atom. The van der Waals surface area contributed by atoms with Gasteiger partial charge in [0.2, 0.25) is 0 Å². The minimum Gasteiger partial charge on any atom is -0.497 e. The van der Waals surface area contributed by atoms with Gasteiger partial charge in [0.15, 0.2) is 0 Å². The van der Waals surface area contributed by atoms with Crippen LogP contribution in [0.1, 0.15) is 10.4 Å². The van der Waals surface area contributed by atoms with Crippen molar-refractivity contribution in [1.82, 2.24) is 4.90 Å². The molecule has 142 valence electrons. The quantitative estimate of drug-likeness (QED) is 0.593. The van der Waals surface area contributed by atoms with Gasteiger partial charge in [-0.2, -0.15) is 0 Å². The second-order valence-corrected chi connectivity index (χ2v) is 6.12. The molecule has 1 amide bonds. The lowest BCUT2D eigenvalue weighted by atomic mass is 10.1. The minimum absolute atomic E-state index is 0.00396. The van der Waals surface area contributed by atoms with Crippen LogP contribution < -0.4 is 14.4 Å². The summed E-state index contributed by atoms with van der Waals surface area (Å²) in [5.74, 6) is 1.09. The van der Waals surface area contributed by atoms with Crippen LogP contribution in [0.3, 0.4) is 0 Å². The second kappa shape index (κ2) is 7.94. The summed E-state index contributed by atoms with van der Waals surface area (Å²) >= 11 is 0. The number of anilines is 1. The monoisotopic (exact) mass is 371 g/mol. The van der Waals surface area contributed by atoms with Gasteiger partial charge in [0, 0.05) is 31.7 Å². The van der Waals surface area contributed by atoms with Crippen molar-refractivity contribution in [3.05, 3.63) is 58.1 Å². The van der Waals surface area contributed by atoms with Crippen molar-refractivity contribution < 1.29 is 19.2 Å². The van der Waals surface area contributed by atoms with Gasteiger partial charge < -0.3 is 19.3 Å². The normalized spacial score (nSPS) is 14.0. The summed E-state index contributed by atoms with van der Waals surface area (Å²) in [6.45, 7) is 2.03. The van der Waals surface area contributed by atoms with Gasteiger partial charge in [-0.15, -0.1) is 0 Å². The van der Waals surface area contributed by atoms with Crippen LogP contribution in [0.4, 0.5) is 11.4 Å². The molecule has 1 heterocycles. The number of carbonyl (C=O) groups excluding carboxylic acids is 1. The Morgan fingerprint density at radius 3 is 2.11 bits per heavy atom. The van der Waals surface area contributed by atoms with Crippen molar-refractivity contribution in [2.45, 2.75) is 0 Å². The number of nitro groups is 1. The third-order valence-electron chi connectivity index (χ3n) is 4.62. The standard InChI is InChI=1S/C19H21N3O5/c1-26-15-5-3-14(4-6-15)19(23)21-11-9-20(10-12-21)17-8-7-16(27-2)13-18(17)22(24)25/h3-8,13H,9-12H2,1-2H3. The number of carbonyl (C=O) groups is 1. The molecule has 1 saturated heterocycles. The molecule has 0 aliphatic carbocycles. The fourth-order valence-electron chi connectivity index (χ4n) is 3.11. The molecule has 2 aromatic rings. The fraction of sp³-hybridized carbons (Fsp3) is 0.316. The van der Waals surface area contributed by atoms with E-state index < -0.39 is 4.92 Å². The summed E-state index contributed by atoms with van der Waals surface area (Å²) in [7, 11) is 3.05. The van der Waals surface area contributed by atoms with Gasteiger partial charge >= 0.3 is 0 Å². The molecule has 0 saturated carbocycles. The molecule has 0 atom stereocenters. The van der Waals surface area contributed by atoms with E-state index in [0.29, 0.717) is 48.9 Å². The predicted molar refractivity (Wildman–Crippen MR) is 101 cm³/mol. The van der Waals surface area contributed by atoms with Gasteiger partial charge in [-0.3, -0.25) is 14.9 Å². The molecule has 0 N–H and O–H groups in total. The van der Waals surface area contributed by atoms with Crippen LogP contribution in [0.15, 0.2) is 42.5 Å². The zero-order chi connectivity index (χ0) is 19.4. The van der Waals surface area contributed by atoms with E-state index in [2.05, 4.69) is 0 Å². The molecular formula is C19H21N3O5. The summed E-state index contributed by atoms with van der Waals surface area (Å²) in [6, 6.07) is 11.8. The van der Waals surface area contributed by atoms with Gasteiger partial charge in [0.05, 0.1) is 25.2 Å². The first-order valence-electron chi connectivity index (χ1n) is 8.54. The number of hydrogen-bond acceptors (Lipinski definition) is 6. The van der Waals surface area contributed by atoms with Crippen molar-refractivity contribution in [3.63, 3.8) is 0 Å². The summed E-state index contributed by atoms with van der Waals surface area (Å²) in [6.07, 6.45) is 0. The third-order valence-corrected chi connectivity index (χ3v) is 4.62. The SMILES string of the molecule is COc1ccc(C(=O)N2CCN(c3ccc(OC)cc3[N+](=O)[O-])CC2)cc1. The second-order valence-electron chi connectivity index (χ2n) is 6.12.